The lowest BCUT2D eigenvalue weighted by Gasteiger charge is -2.01. The van der Waals surface area contributed by atoms with Gasteiger partial charge >= 0.3 is 0 Å². The van der Waals surface area contributed by atoms with Crippen molar-refractivity contribution in [3.05, 3.63) is 46.8 Å². The first-order valence-corrected chi connectivity index (χ1v) is 7.02. The minimum absolute atomic E-state index is 0.680. The molecule has 2 nitrogen and oxygen atoms in total. The van der Waals surface area contributed by atoms with Gasteiger partial charge in [0.25, 0.3) is 0 Å². The van der Waals surface area contributed by atoms with E-state index in [1.54, 1.807) is 11.3 Å². The van der Waals surface area contributed by atoms with E-state index >= 15 is 0 Å². The Bertz CT molecular complexity index is 665. The molecular weight excluding hydrogens is 240 g/mol. The van der Waals surface area contributed by atoms with Crippen LogP contribution in [-0.2, 0) is 6.42 Å². The lowest BCUT2D eigenvalue weighted by Crippen LogP contribution is -2.03. The summed E-state index contributed by atoms with van der Waals surface area (Å²) in [6, 6.07) is 10.8. The van der Waals surface area contributed by atoms with Gasteiger partial charge in [-0.25, -0.2) is 0 Å². The van der Waals surface area contributed by atoms with Crippen molar-refractivity contribution in [2.45, 2.75) is 13.3 Å². The van der Waals surface area contributed by atoms with Crippen molar-refractivity contribution >= 4 is 22.2 Å². The zero-order chi connectivity index (χ0) is 12.5. The second-order valence-electron chi connectivity index (χ2n) is 4.54. The normalized spacial score (nSPS) is 11.2. The molecule has 2 heterocycles. The van der Waals surface area contributed by atoms with Crippen LogP contribution in [0.5, 0.6) is 0 Å². The third-order valence-electron chi connectivity index (χ3n) is 3.22. The minimum Gasteiger partial charge on any atom is -0.354 e. The van der Waals surface area contributed by atoms with Crippen LogP contribution in [-0.4, -0.2) is 11.5 Å². The van der Waals surface area contributed by atoms with Gasteiger partial charge in [-0.05, 0) is 49.0 Å². The third kappa shape index (κ3) is 1.85. The Kier molecular flexibility index (Phi) is 2.94. The molecule has 92 valence electrons. The van der Waals surface area contributed by atoms with Crippen LogP contribution in [0.4, 0.5) is 0 Å². The molecule has 0 saturated heterocycles. The molecule has 1 aromatic carbocycles. The van der Waals surface area contributed by atoms with Gasteiger partial charge in [-0.15, -0.1) is 11.3 Å². The van der Waals surface area contributed by atoms with Gasteiger partial charge in [0.1, 0.15) is 0 Å². The molecule has 3 rings (SSSR count). The second kappa shape index (κ2) is 4.59. The molecule has 0 fully saturated rings. The largest absolute Gasteiger partial charge is 0.354 e. The van der Waals surface area contributed by atoms with Gasteiger partial charge in [0.05, 0.1) is 10.6 Å². The highest BCUT2D eigenvalue weighted by atomic mass is 32.1. The Labute approximate surface area is 110 Å². The second-order valence-corrected chi connectivity index (χ2v) is 5.49. The maximum absolute atomic E-state index is 5.76. The van der Waals surface area contributed by atoms with E-state index in [1.165, 1.54) is 32.6 Å². The number of aryl methyl sites for hydroxylation is 1. The highest BCUT2D eigenvalue weighted by Gasteiger charge is 2.13. The Morgan fingerprint density at radius 2 is 2.17 bits per heavy atom. The summed E-state index contributed by atoms with van der Waals surface area (Å²) in [5.74, 6) is 0. The maximum atomic E-state index is 5.76. The van der Waals surface area contributed by atoms with Crippen LogP contribution in [0.1, 0.15) is 11.1 Å². The molecule has 0 saturated carbocycles. The number of rotatable bonds is 3. The van der Waals surface area contributed by atoms with Crippen LogP contribution < -0.4 is 5.73 Å². The highest BCUT2D eigenvalue weighted by Crippen LogP contribution is 2.33. The summed E-state index contributed by atoms with van der Waals surface area (Å²) < 4.78 is 0. The van der Waals surface area contributed by atoms with Crippen molar-refractivity contribution in [1.29, 1.82) is 0 Å². The molecule has 0 spiro atoms. The number of fused-ring (bicyclic) bond motifs is 1. The molecule has 0 aliphatic rings. The summed E-state index contributed by atoms with van der Waals surface area (Å²) in [6.07, 6.45) is 0.913. The highest BCUT2D eigenvalue weighted by molar-refractivity contribution is 7.13. The summed E-state index contributed by atoms with van der Waals surface area (Å²) in [5, 5.41) is 3.42. The van der Waals surface area contributed by atoms with Gasteiger partial charge < -0.3 is 10.7 Å². The fourth-order valence-corrected chi connectivity index (χ4v) is 3.15. The van der Waals surface area contributed by atoms with Crippen LogP contribution in [0, 0.1) is 6.92 Å². The van der Waals surface area contributed by atoms with E-state index in [2.05, 4.69) is 47.6 Å². The van der Waals surface area contributed by atoms with E-state index in [1.807, 2.05) is 0 Å². The number of aromatic amines is 1. The van der Waals surface area contributed by atoms with Crippen molar-refractivity contribution in [3.63, 3.8) is 0 Å². The van der Waals surface area contributed by atoms with Gasteiger partial charge in [0.2, 0.25) is 0 Å². The van der Waals surface area contributed by atoms with E-state index in [4.69, 9.17) is 5.73 Å². The first-order valence-electron chi connectivity index (χ1n) is 6.15. The van der Waals surface area contributed by atoms with Gasteiger partial charge in [0, 0.05) is 10.9 Å². The molecule has 0 unspecified atom stereocenters. The molecule has 0 radical (unpaired) electrons. The standard InChI is InChI=1S/C15H16N2S/c1-10-4-5-13-12(9-10)11(6-7-16)15(17-13)14-3-2-8-18-14/h2-5,8-9,17H,6-7,16H2,1H3. The van der Waals surface area contributed by atoms with E-state index in [9.17, 15) is 0 Å². The fourth-order valence-electron chi connectivity index (χ4n) is 2.40. The third-order valence-corrected chi connectivity index (χ3v) is 4.11. The van der Waals surface area contributed by atoms with Crippen molar-refractivity contribution in [2.75, 3.05) is 6.54 Å². The Hall–Kier alpha value is -1.58. The Morgan fingerprint density at radius 1 is 1.28 bits per heavy atom. The minimum atomic E-state index is 0.680. The summed E-state index contributed by atoms with van der Waals surface area (Å²) in [5.41, 5.74) is 10.8. The van der Waals surface area contributed by atoms with Gasteiger partial charge in [-0.1, -0.05) is 17.7 Å². The number of hydrogen-bond acceptors (Lipinski definition) is 2. The van der Waals surface area contributed by atoms with Gasteiger partial charge in [-0.3, -0.25) is 0 Å². The van der Waals surface area contributed by atoms with Crippen LogP contribution in [0.3, 0.4) is 0 Å². The number of hydrogen-bond donors (Lipinski definition) is 2. The lowest BCUT2D eigenvalue weighted by atomic mass is 10.0. The number of benzene rings is 1. The van der Waals surface area contributed by atoms with Crippen molar-refractivity contribution in [3.8, 4) is 10.6 Å². The van der Waals surface area contributed by atoms with E-state index in [0.717, 1.165) is 6.42 Å². The molecular formula is C15H16N2S. The summed E-state index contributed by atoms with van der Waals surface area (Å²) >= 11 is 1.76. The summed E-state index contributed by atoms with van der Waals surface area (Å²) in [7, 11) is 0. The topological polar surface area (TPSA) is 41.8 Å². The molecule has 0 aliphatic carbocycles. The zero-order valence-corrected chi connectivity index (χ0v) is 11.2. The maximum Gasteiger partial charge on any atom is 0.0599 e. The first kappa shape index (κ1) is 11.5. The smallest absolute Gasteiger partial charge is 0.0599 e. The van der Waals surface area contributed by atoms with E-state index < -0.39 is 0 Å². The average molecular weight is 256 g/mol. The molecule has 2 aromatic heterocycles. The molecule has 18 heavy (non-hydrogen) atoms. The molecule has 3 N–H and O–H groups in total. The molecule has 0 aliphatic heterocycles. The average Bonchev–Trinajstić information content (AvgIpc) is 2.98. The predicted octanol–water partition coefficient (Wildman–Crippen LogP) is 3.71. The quantitative estimate of drug-likeness (QED) is 0.737. The van der Waals surface area contributed by atoms with Crippen molar-refractivity contribution in [1.82, 2.24) is 4.98 Å². The zero-order valence-electron chi connectivity index (χ0n) is 10.4. The molecule has 3 heteroatoms. The number of thiophene rings is 1. The monoisotopic (exact) mass is 256 g/mol. The number of aromatic nitrogens is 1. The van der Waals surface area contributed by atoms with Crippen LogP contribution in [0.15, 0.2) is 35.7 Å². The SMILES string of the molecule is Cc1ccc2[nH]c(-c3cccs3)c(CCN)c2c1. The number of nitrogens with two attached hydrogens (primary N) is 1. The van der Waals surface area contributed by atoms with Gasteiger partial charge in [-0.2, -0.15) is 0 Å². The van der Waals surface area contributed by atoms with Crippen molar-refractivity contribution in [2.24, 2.45) is 5.73 Å². The molecule has 0 atom stereocenters. The Balaban J connectivity index is 2.27. The fraction of sp³-hybridized carbons (Fsp3) is 0.200. The molecule has 3 aromatic rings. The van der Waals surface area contributed by atoms with E-state index in [0.29, 0.717) is 6.54 Å². The predicted molar refractivity (Wildman–Crippen MR) is 79.1 cm³/mol. The summed E-state index contributed by atoms with van der Waals surface area (Å²) in [4.78, 5) is 4.82. The molecule has 0 amide bonds. The number of H-pyrrole nitrogens is 1. The van der Waals surface area contributed by atoms with Crippen LogP contribution in [0.2, 0.25) is 0 Å². The number of nitrogens with one attached hydrogen (secondary N) is 1. The van der Waals surface area contributed by atoms with Crippen LogP contribution in [0.25, 0.3) is 21.5 Å². The molecule has 0 bridgehead atoms. The van der Waals surface area contributed by atoms with Crippen molar-refractivity contribution < 1.29 is 0 Å². The summed E-state index contributed by atoms with van der Waals surface area (Å²) in [6.45, 7) is 2.81. The van der Waals surface area contributed by atoms with E-state index in [-0.39, 0.29) is 0 Å². The van der Waals surface area contributed by atoms with Gasteiger partial charge in [0.15, 0.2) is 0 Å². The first-order chi connectivity index (χ1) is 8.79. The Morgan fingerprint density at radius 3 is 2.89 bits per heavy atom. The lowest BCUT2D eigenvalue weighted by molar-refractivity contribution is 0.979. The van der Waals surface area contributed by atoms with Crippen LogP contribution >= 0.6 is 11.3 Å².